The Labute approximate surface area is 69.5 Å². The molecule has 0 spiro atoms. The van der Waals surface area contributed by atoms with Crippen molar-refractivity contribution in [3.63, 3.8) is 0 Å². The van der Waals surface area contributed by atoms with Crippen LogP contribution in [-0.2, 0) is 14.3 Å². The first-order valence-electron chi connectivity index (χ1n) is 3.37. The average Bonchev–Trinajstić information content (AvgIpc) is 2.02. The number of aliphatic hydroxyl groups excluding tert-OH is 1. The number of hydrogen-bond acceptors (Lipinski definition) is 6. The van der Waals surface area contributed by atoms with Crippen LogP contribution in [0.5, 0.6) is 0 Å². The molecule has 0 aromatic carbocycles. The van der Waals surface area contributed by atoms with Gasteiger partial charge in [-0.2, -0.15) is 0 Å². The summed E-state index contributed by atoms with van der Waals surface area (Å²) in [4.78, 5) is 21.2. The first kappa shape index (κ1) is 11.0. The van der Waals surface area contributed by atoms with Gasteiger partial charge in [-0.25, -0.2) is 4.79 Å². The van der Waals surface area contributed by atoms with Crippen molar-refractivity contribution in [1.82, 2.24) is 0 Å². The maximum atomic E-state index is 10.8. The molecule has 0 rings (SSSR count). The van der Waals surface area contributed by atoms with Crippen LogP contribution in [0.25, 0.3) is 0 Å². The molecule has 6 heteroatoms. The second kappa shape index (κ2) is 4.81. The molecule has 12 heavy (non-hydrogen) atoms. The highest BCUT2D eigenvalue weighted by molar-refractivity contribution is 5.89. The van der Waals surface area contributed by atoms with Crippen LogP contribution >= 0.6 is 0 Å². The summed E-state index contributed by atoms with van der Waals surface area (Å²) in [7, 11) is 0. The minimum atomic E-state index is -1.21. The fourth-order valence-corrected chi connectivity index (χ4v) is 0.419. The number of esters is 2. The number of carbonyl (C=O) groups is 2. The highest BCUT2D eigenvalue weighted by Crippen LogP contribution is 1.92. The van der Waals surface area contributed by atoms with Crippen LogP contribution < -0.4 is 11.5 Å². The topological polar surface area (TPSA) is 116 Å². The lowest BCUT2D eigenvalue weighted by molar-refractivity contribution is -0.161. The summed E-state index contributed by atoms with van der Waals surface area (Å²) in [6.07, 6.45) is -1.05. The zero-order valence-electron chi connectivity index (χ0n) is 6.69. The van der Waals surface area contributed by atoms with Gasteiger partial charge in [0.1, 0.15) is 6.04 Å². The lowest BCUT2D eigenvalue weighted by Crippen LogP contribution is -2.42. The molecule has 0 aliphatic carbocycles. The van der Waals surface area contributed by atoms with Gasteiger partial charge in [-0.1, -0.05) is 0 Å². The molecule has 6 nitrogen and oxygen atoms in total. The largest absolute Gasteiger partial charge is 0.391 e. The highest BCUT2D eigenvalue weighted by atomic mass is 16.6. The average molecular weight is 176 g/mol. The predicted octanol–water partition coefficient (Wildman–Crippen LogP) is -2.28. The Morgan fingerprint density at radius 1 is 1.58 bits per heavy atom. The van der Waals surface area contributed by atoms with E-state index in [2.05, 4.69) is 4.74 Å². The van der Waals surface area contributed by atoms with Crippen molar-refractivity contribution in [2.45, 2.75) is 19.1 Å². The van der Waals surface area contributed by atoms with Gasteiger partial charge in [0.2, 0.25) is 0 Å². The monoisotopic (exact) mass is 176 g/mol. The summed E-state index contributed by atoms with van der Waals surface area (Å²) < 4.78 is 4.13. The van der Waals surface area contributed by atoms with Gasteiger partial charge in [-0.15, -0.1) is 0 Å². The van der Waals surface area contributed by atoms with E-state index in [1.165, 1.54) is 6.92 Å². The van der Waals surface area contributed by atoms with Gasteiger partial charge in [0, 0.05) is 0 Å². The summed E-state index contributed by atoms with van der Waals surface area (Å²) >= 11 is 0. The van der Waals surface area contributed by atoms with Crippen molar-refractivity contribution in [2.75, 3.05) is 6.54 Å². The van der Waals surface area contributed by atoms with E-state index in [9.17, 15) is 9.59 Å². The summed E-state index contributed by atoms with van der Waals surface area (Å²) in [5, 5.41) is 8.81. The molecule has 0 fully saturated rings. The minimum Gasteiger partial charge on any atom is -0.391 e. The van der Waals surface area contributed by atoms with Crippen molar-refractivity contribution in [1.29, 1.82) is 0 Å². The quantitative estimate of drug-likeness (QED) is 0.329. The van der Waals surface area contributed by atoms with Gasteiger partial charge in [0.15, 0.2) is 0 Å². The van der Waals surface area contributed by atoms with Crippen LogP contribution in [-0.4, -0.2) is 35.7 Å². The first-order chi connectivity index (χ1) is 5.49. The van der Waals surface area contributed by atoms with E-state index in [0.29, 0.717) is 0 Å². The first-order valence-corrected chi connectivity index (χ1v) is 3.37. The van der Waals surface area contributed by atoms with Gasteiger partial charge < -0.3 is 21.3 Å². The highest BCUT2D eigenvalue weighted by Gasteiger charge is 2.22. The zero-order valence-corrected chi connectivity index (χ0v) is 6.69. The third-order valence-electron chi connectivity index (χ3n) is 1.17. The lowest BCUT2D eigenvalue weighted by atomic mass is 10.2. The molecule has 0 saturated carbocycles. The molecule has 0 bridgehead atoms. The fourth-order valence-electron chi connectivity index (χ4n) is 0.419. The molecule has 0 aliphatic rings. The summed E-state index contributed by atoms with van der Waals surface area (Å²) in [5.41, 5.74) is 10.0. The normalized spacial score (nSPS) is 15.0. The maximum absolute atomic E-state index is 10.8. The molecular weight excluding hydrogens is 164 g/mol. The number of nitrogens with two attached hydrogens (primary N) is 2. The predicted molar refractivity (Wildman–Crippen MR) is 39.8 cm³/mol. The van der Waals surface area contributed by atoms with Crippen molar-refractivity contribution >= 4 is 11.9 Å². The SMILES string of the molecule is C[C@@H](O)[C@H](N)C(=O)OC(=O)CN. The maximum Gasteiger partial charge on any atom is 0.333 e. The summed E-state index contributed by atoms with van der Waals surface area (Å²) in [5.74, 6) is -1.84. The van der Waals surface area contributed by atoms with Crippen molar-refractivity contribution < 1.29 is 19.4 Å². The molecule has 0 unspecified atom stereocenters. The van der Waals surface area contributed by atoms with Crippen LogP contribution in [0.15, 0.2) is 0 Å². The van der Waals surface area contributed by atoms with Gasteiger partial charge in [-0.05, 0) is 6.92 Å². The molecule has 70 valence electrons. The van der Waals surface area contributed by atoms with E-state index in [1.54, 1.807) is 0 Å². The molecule has 5 N–H and O–H groups in total. The van der Waals surface area contributed by atoms with Crippen molar-refractivity contribution in [2.24, 2.45) is 11.5 Å². The van der Waals surface area contributed by atoms with Gasteiger partial charge in [0.25, 0.3) is 0 Å². The smallest absolute Gasteiger partial charge is 0.333 e. The Balaban J connectivity index is 3.96. The lowest BCUT2D eigenvalue weighted by Gasteiger charge is -2.11. The van der Waals surface area contributed by atoms with Crippen molar-refractivity contribution in [3.8, 4) is 0 Å². The molecule has 0 aliphatic heterocycles. The van der Waals surface area contributed by atoms with E-state index in [-0.39, 0.29) is 0 Å². The van der Waals surface area contributed by atoms with E-state index in [0.717, 1.165) is 0 Å². The van der Waals surface area contributed by atoms with Gasteiger partial charge >= 0.3 is 11.9 Å². The van der Waals surface area contributed by atoms with E-state index in [4.69, 9.17) is 16.6 Å². The van der Waals surface area contributed by atoms with Crippen LogP contribution in [0.2, 0.25) is 0 Å². The van der Waals surface area contributed by atoms with E-state index < -0.39 is 30.6 Å². The summed E-state index contributed by atoms with van der Waals surface area (Å²) in [6.45, 7) is 0.928. The molecule has 0 amide bonds. The van der Waals surface area contributed by atoms with Gasteiger partial charge in [0.05, 0.1) is 12.6 Å². The Bertz CT molecular complexity index is 180. The Morgan fingerprint density at radius 2 is 2.08 bits per heavy atom. The molecule has 0 heterocycles. The Kier molecular flexibility index (Phi) is 4.42. The second-order valence-corrected chi connectivity index (χ2v) is 2.26. The third-order valence-corrected chi connectivity index (χ3v) is 1.17. The number of ether oxygens (including phenoxy) is 1. The molecule has 0 aromatic heterocycles. The molecular formula is C6H12N2O4. The van der Waals surface area contributed by atoms with Crippen LogP contribution in [0.4, 0.5) is 0 Å². The number of rotatable bonds is 3. The molecule has 0 radical (unpaired) electrons. The van der Waals surface area contributed by atoms with E-state index >= 15 is 0 Å². The van der Waals surface area contributed by atoms with Crippen LogP contribution in [0.1, 0.15) is 6.92 Å². The van der Waals surface area contributed by atoms with E-state index in [1.807, 2.05) is 0 Å². The standard InChI is InChI=1S/C6H12N2O4/c1-3(9)5(8)6(11)12-4(10)2-7/h3,5,9H,2,7-8H2,1H3/t3-,5+/m1/s1. The third kappa shape index (κ3) is 3.42. The molecule has 0 saturated heterocycles. The van der Waals surface area contributed by atoms with Crippen LogP contribution in [0.3, 0.4) is 0 Å². The Hall–Kier alpha value is -0.980. The van der Waals surface area contributed by atoms with Crippen LogP contribution in [0, 0.1) is 0 Å². The fraction of sp³-hybridized carbons (Fsp3) is 0.667. The zero-order chi connectivity index (χ0) is 9.72. The number of carbonyl (C=O) groups excluding carboxylic acids is 2. The number of aliphatic hydroxyl groups is 1. The number of hydrogen-bond donors (Lipinski definition) is 3. The molecule has 2 atom stereocenters. The summed E-state index contributed by atoms with van der Waals surface area (Å²) in [6, 6.07) is -1.21. The molecule has 0 aromatic rings. The minimum absolute atomic E-state index is 0.391. The van der Waals surface area contributed by atoms with Crippen molar-refractivity contribution in [3.05, 3.63) is 0 Å². The Morgan fingerprint density at radius 3 is 2.42 bits per heavy atom. The second-order valence-electron chi connectivity index (χ2n) is 2.26. The van der Waals surface area contributed by atoms with Gasteiger partial charge in [-0.3, -0.25) is 4.79 Å².